The molecule has 3 unspecified atom stereocenters. The molecule has 3 atom stereocenters. The van der Waals surface area contributed by atoms with E-state index in [9.17, 15) is 9.59 Å². The minimum absolute atomic E-state index is 0.0163. The normalized spacial score (nSPS) is 20.7. The van der Waals surface area contributed by atoms with Gasteiger partial charge in [0.05, 0.1) is 13.2 Å². The summed E-state index contributed by atoms with van der Waals surface area (Å²) in [7, 11) is 0.660. The molecule has 0 N–H and O–H groups in total. The van der Waals surface area contributed by atoms with Gasteiger partial charge < -0.3 is 9.16 Å². The molecule has 0 aliphatic heterocycles. The highest BCUT2D eigenvalue weighted by molar-refractivity contribution is 6.48. The van der Waals surface area contributed by atoms with Crippen molar-refractivity contribution in [1.29, 1.82) is 0 Å². The third-order valence-corrected chi connectivity index (χ3v) is 5.65. The van der Waals surface area contributed by atoms with Gasteiger partial charge in [-0.25, -0.2) is 0 Å². The Balaban J connectivity index is 2.52. The van der Waals surface area contributed by atoms with E-state index in [4.69, 9.17) is 4.43 Å². The van der Waals surface area contributed by atoms with Gasteiger partial charge in [0.2, 0.25) is 9.04 Å². The molecule has 0 aromatic carbocycles. The zero-order chi connectivity index (χ0) is 20.8. The summed E-state index contributed by atoms with van der Waals surface area (Å²) in [4.78, 5) is 23.3. The number of ketones is 1. The molecule has 0 spiro atoms. The second-order valence-electron chi connectivity index (χ2n) is 7.57. The number of hydrogen-bond donors (Lipinski definition) is 0. The largest absolute Gasteiger partial charge is 0.469 e. The topological polar surface area (TPSA) is 52.6 Å². The molecule has 1 aliphatic carbocycles. The van der Waals surface area contributed by atoms with E-state index < -0.39 is 9.04 Å². The molecule has 0 saturated carbocycles. The van der Waals surface area contributed by atoms with Crippen molar-refractivity contribution < 1.29 is 18.8 Å². The van der Waals surface area contributed by atoms with Gasteiger partial charge in [-0.2, -0.15) is 0 Å². The van der Waals surface area contributed by atoms with Crippen LogP contribution in [0.25, 0.3) is 0 Å². The third-order valence-electron chi connectivity index (χ3n) is 4.88. The first-order chi connectivity index (χ1) is 13.5. The average Bonchev–Trinajstić information content (AvgIpc) is 3.01. The molecule has 4 nitrogen and oxygen atoms in total. The molecule has 0 amide bonds. The molecule has 0 saturated heterocycles. The standard InChI is InChI=1S/C23H37O4Si/c1-5-6-9-12-20(27-28(3)4)17-15-19-16-18-22(24)21(19)13-10-7-8-11-14-23(25)26-2/h7,10,15-21H,5-6,8-9,11-14H2,1-4H3/b10-7+,17-15+. The molecule has 1 rings (SSSR count). The Morgan fingerprint density at radius 1 is 1.25 bits per heavy atom. The SMILES string of the molecule is CCCCCC(/C=C/C1C=CC(=O)C1C/C=C/CCCC(=O)OC)O[Si](C)C. The van der Waals surface area contributed by atoms with E-state index in [1.54, 1.807) is 6.08 Å². The predicted octanol–water partition coefficient (Wildman–Crippen LogP) is 5.42. The van der Waals surface area contributed by atoms with Crippen molar-refractivity contribution in [2.24, 2.45) is 11.8 Å². The summed E-state index contributed by atoms with van der Waals surface area (Å²) >= 11 is 0. The van der Waals surface area contributed by atoms with Crippen molar-refractivity contribution in [2.45, 2.75) is 77.5 Å². The first-order valence-corrected chi connectivity index (χ1v) is 13.0. The number of methoxy groups -OCH3 is 1. The van der Waals surface area contributed by atoms with E-state index in [0.717, 1.165) is 25.7 Å². The van der Waals surface area contributed by atoms with E-state index >= 15 is 0 Å². The van der Waals surface area contributed by atoms with Gasteiger partial charge in [0.25, 0.3) is 0 Å². The highest BCUT2D eigenvalue weighted by Gasteiger charge is 2.27. The van der Waals surface area contributed by atoms with Crippen LogP contribution in [0.3, 0.4) is 0 Å². The van der Waals surface area contributed by atoms with E-state index in [1.807, 2.05) is 6.08 Å². The van der Waals surface area contributed by atoms with E-state index in [2.05, 4.69) is 49.1 Å². The smallest absolute Gasteiger partial charge is 0.305 e. The molecular formula is C23H37O4Si. The van der Waals surface area contributed by atoms with Gasteiger partial charge in [-0.15, -0.1) is 0 Å². The van der Waals surface area contributed by atoms with Crippen LogP contribution in [0.2, 0.25) is 13.1 Å². The molecule has 0 aromatic rings. The quantitative estimate of drug-likeness (QED) is 0.168. The van der Waals surface area contributed by atoms with Gasteiger partial charge in [-0.3, -0.25) is 9.59 Å². The van der Waals surface area contributed by atoms with Crippen LogP contribution < -0.4 is 0 Å². The van der Waals surface area contributed by atoms with Crippen LogP contribution in [-0.2, 0) is 18.8 Å². The minimum Gasteiger partial charge on any atom is -0.469 e. The number of carbonyl (C=O) groups is 2. The fourth-order valence-electron chi connectivity index (χ4n) is 3.30. The summed E-state index contributed by atoms with van der Waals surface area (Å²) < 4.78 is 10.8. The number of carbonyl (C=O) groups excluding carboxylic acids is 2. The van der Waals surface area contributed by atoms with Crippen LogP contribution in [-0.4, -0.2) is 34.0 Å². The van der Waals surface area contributed by atoms with E-state index in [0.29, 0.717) is 6.42 Å². The lowest BCUT2D eigenvalue weighted by atomic mass is 9.90. The molecule has 0 aromatic heterocycles. The summed E-state index contributed by atoms with van der Waals surface area (Å²) in [6.45, 7) is 6.54. The fraction of sp³-hybridized carbons (Fsp3) is 0.652. The summed E-state index contributed by atoms with van der Waals surface area (Å²) in [5.74, 6) is 0.160. The number of hydrogen-bond acceptors (Lipinski definition) is 4. The van der Waals surface area contributed by atoms with Crippen LogP contribution in [0.5, 0.6) is 0 Å². The number of unbranched alkanes of at least 4 members (excludes halogenated alkanes) is 3. The summed E-state index contributed by atoms with van der Waals surface area (Å²) in [6, 6.07) is 0. The van der Waals surface area contributed by atoms with Crippen molar-refractivity contribution in [3.05, 3.63) is 36.5 Å². The summed E-state index contributed by atoms with van der Waals surface area (Å²) in [5.41, 5.74) is 0. The van der Waals surface area contributed by atoms with Crippen molar-refractivity contribution in [2.75, 3.05) is 7.11 Å². The lowest BCUT2D eigenvalue weighted by molar-refractivity contribution is -0.140. The number of rotatable bonds is 14. The Kier molecular flexibility index (Phi) is 12.7. The first kappa shape index (κ1) is 24.6. The maximum absolute atomic E-state index is 12.2. The van der Waals surface area contributed by atoms with Crippen LogP contribution >= 0.6 is 0 Å². The van der Waals surface area contributed by atoms with Gasteiger partial charge >= 0.3 is 5.97 Å². The average molecular weight is 406 g/mol. The maximum Gasteiger partial charge on any atom is 0.305 e. The Hall–Kier alpha value is -1.46. The second-order valence-corrected chi connectivity index (χ2v) is 9.62. The Bertz CT molecular complexity index is 551. The van der Waals surface area contributed by atoms with Crippen molar-refractivity contribution in [3.8, 4) is 0 Å². The molecule has 0 heterocycles. The lowest BCUT2D eigenvalue weighted by Gasteiger charge is -2.18. The van der Waals surface area contributed by atoms with Crippen LogP contribution in [0.1, 0.15) is 58.3 Å². The molecule has 28 heavy (non-hydrogen) atoms. The Labute approximate surface area is 172 Å². The number of esters is 1. The van der Waals surface area contributed by atoms with E-state index in [-0.39, 0.29) is 29.7 Å². The van der Waals surface area contributed by atoms with Crippen molar-refractivity contribution >= 4 is 20.8 Å². The maximum atomic E-state index is 12.2. The molecule has 0 bridgehead atoms. The molecule has 0 fully saturated rings. The highest BCUT2D eigenvalue weighted by atomic mass is 28.3. The highest BCUT2D eigenvalue weighted by Crippen LogP contribution is 2.28. The van der Waals surface area contributed by atoms with Crippen LogP contribution in [0.4, 0.5) is 0 Å². The minimum atomic E-state index is -0.750. The van der Waals surface area contributed by atoms with Gasteiger partial charge in [-0.05, 0) is 44.9 Å². The predicted molar refractivity (Wildman–Crippen MR) is 116 cm³/mol. The molecule has 1 radical (unpaired) electrons. The van der Waals surface area contributed by atoms with Gasteiger partial charge in [0.1, 0.15) is 0 Å². The molecule has 5 heteroatoms. The third kappa shape index (κ3) is 10.2. The summed E-state index contributed by atoms with van der Waals surface area (Å²) in [5, 5.41) is 0. The molecule has 157 valence electrons. The second kappa shape index (κ2) is 14.5. The zero-order valence-corrected chi connectivity index (χ0v) is 19.0. The van der Waals surface area contributed by atoms with Crippen LogP contribution in [0.15, 0.2) is 36.5 Å². The molecule has 1 aliphatic rings. The molecular weight excluding hydrogens is 368 g/mol. The van der Waals surface area contributed by atoms with Gasteiger partial charge in [0.15, 0.2) is 5.78 Å². The zero-order valence-electron chi connectivity index (χ0n) is 18.0. The van der Waals surface area contributed by atoms with Crippen molar-refractivity contribution in [3.63, 3.8) is 0 Å². The Morgan fingerprint density at radius 3 is 2.71 bits per heavy atom. The number of ether oxygens (including phenoxy) is 1. The number of allylic oxidation sites excluding steroid dienone is 5. The van der Waals surface area contributed by atoms with Gasteiger partial charge in [-0.1, -0.05) is 56.6 Å². The van der Waals surface area contributed by atoms with E-state index in [1.165, 1.54) is 26.4 Å². The fourth-order valence-corrected chi connectivity index (χ4v) is 4.10. The lowest BCUT2D eigenvalue weighted by Crippen LogP contribution is -2.20. The van der Waals surface area contributed by atoms with Gasteiger partial charge in [0, 0.05) is 18.3 Å². The van der Waals surface area contributed by atoms with Crippen molar-refractivity contribution in [1.82, 2.24) is 0 Å². The monoisotopic (exact) mass is 405 g/mol. The van der Waals surface area contributed by atoms with Crippen LogP contribution in [0, 0.1) is 11.8 Å². The summed E-state index contributed by atoms with van der Waals surface area (Å²) in [6.07, 6.45) is 19.8. The first-order valence-electron chi connectivity index (χ1n) is 10.6. The Morgan fingerprint density at radius 2 is 2.04 bits per heavy atom.